The van der Waals surface area contributed by atoms with Gasteiger partial charge in [-0.3, -0.25) is 9.89 Å². The van der Waals surface area contributed by atoms with E-state index in [1.54, 1.807) is 0 Å². The van der Waals surface area contributed by atoms with E-state index in [2.05, 4.69) is 15.5 Å². The van der Waals surface area contributed by atoms with Crippen molar-refractivity contribution in [3.63, 3.8) is 0 Å². The third-order valence-corrected chi connectivity index (χ3v) is 4.44. The number of rotatable bonds is 3. The lowest BCUT2D eigenvalue weighted by atomic mass is 9.87. The van der Waals surface area contributed by atoms with Crippen LogP contribution in [0, 0.1) is 25.5 Å². The van der Waals surface area contributed by atoms with Gasteiger partial charge in [-0.15, -0.1) is 0 Å². The van der Waals surface area contributed by atoms with Gasteiger partial charge in [0.2, 0.25) is 5.91 Å². The van der Waals surface area contributed by atoms with Gasteiger partial charge in [0.15, 0.2) is 0 Å². The molecule has 1 aromatic heterocycles. The van der Waals surface area contributed by atoms with Crippen molar-refractivity contribution in [2.24, 2.45) is 0 Å². The molecule has 6 heteroatoms. The van der Waals surface area contributed by atoms with Crippen LogP contribution in [0.3, 0.4) is 0 Å². The molecule has 1 aliphatic rings. The molecule has 122 valence electrons. The van der Waals surface area contributed by atoms with Crippen LogP contribution in [0.2, 0.25) is 0 Å². The van der Waals surface area contributed by atoms with E-state index in [0.717, 1.165) is 29.4 Å². The van der Waals surface area contributed by atoms with Crippen LogP contribution in [0.4, 0.5) is 8.78 Å². The van der Waals surface area contributed by atoms with Crippen LogP contribution in [-0.2, 0) is 17.6 Å². The van der Waals surface area contributed by atoms with E-state index >= 15 is 0 Å². The Bertz CT molecular complexity index is 735. The van der Waals surface area contributed by atoms with Gasteiger partial charge in [0.1, 0.15) is 11.6 Å². The second-order valence-corrected chi connectivity index (χ2v) is 6.06. The maximum absolute atomic E-state index is 13.9. The summed E-state index contributed by atoms with van der Waals surface area (Å²) in [5.74, 6) is -1.30. The molecule has 0 unspecified atom stereocenters. The number of aromatic amines is 1. The molecular weight excluding hydrogens is 300 g/mol. The van der Waals surface area contributed by atoms with Gasteiger partial charge in [-0.1, -0.05) is 0 Å². The van der Waals surface area contributed by atoms with Crippen LogP contribution < -0.4 is 5.32 Å². The Balaban J connectivity index is 1.78. The first-order chi connectivity index (χ1) is 11.0. The largest absolute Gasteiger partial charge is 0.349 e. The highest BCUT2D eigenvalue weighted by atomic mass is 19.1. The number of carbonyl (C=O) groups excluding carboxylic acids is 1. The molecule has 1 heterocycles. The maximum Gasteiger partial charge on any atom is 0.225 e. The van der Waals surface area contributed by atoms with E-state index in [9.17, 15) is 13.6 Å². The van der Waals surface area contributed by atoms with Crippen molar-refractivity contribution in [3.8, 4) is 0 Å². The van der Waals surface area contributed by atoms with E-state index in [1.165, 1.54) is 6.07 Å². The highest BCUT2D eigenvalue weighted by Gasteiger charge is 2.25. The topological polar surface area (TPSA) is 57.8 Å². The van der Waals surface area contributed by atoms with Crippen LogP contribution in [0.1, 0.15) is 47.0 Å². The van der Waals surface area contributed by atoms with Gasteiger partial charge in [0.05, 0.1) is 18.2 Å². The zero-order chi connectivity index (χ0) is 16.6. The summed E-state index contributed by atoms with van der Waals surface area (Å²) in [5.41, 5.74) is 3.59. The number of fused-ring (bicyclic) bond motifs is 1. The number of benzene rings is 1. The van der Waals surface area contributed by atoms with Crippen molar-refractivity contribution in [3.05, 3.63) is 51.8 Å². The predicted octanol–water partition coefficient (Wildman–Crippen LogP) is 3.04. The third-order valence-electron chi connectivity index (χ3n) is 4.44. The number of nitrogens with one attached hydrogen (secondary N) is 2. The van der Waals surface area contributed by atoms with Crippen LogP contribution >= 0.6 is 0 Å². The predicted molar refractivity (Wildman–Crippen MR) is 81.9 cm³/mol. The maximum atomic E-state index is 13.9. The highest BCUT2D eigenvalue weighted by Crippen LogP contribution is 2.32. The summed E-state index contributed by atoms with van der Waals surface area (Å²) in [6.07, 6.45) is 2.24. The molecule has 4 nitrogen and oxygen atoms in total. The van der Waals surface area contributed by atoms with Gasteiger partial charge in [-0.05, 0) is 50.3 Å². The Kier molecular flexibility index (Phi) is 4.15. The van der Waals surface area contributed by atoms with E-state index in [4.69, 9.17) is 0 Å². The Hall–Kier alpha value is -2.24. The molecule has 2 N–H and O–H groups in total. The summed E-state index contributed by atoms with van der Waals surface area (Å²) in [7, 11) is 0. The molecule has 0 saturated heterocycles. The van der Waals surface area contributed by atoms with Gasteiger partial charge in [0, 0.05) is 17.3 Å². The molecule has 1 aromatic carbocycles. The molecular formula is C17H19F2N3O. The number of carbonyl (C=O) groups is 1. The summed E-state index contributed by atoms with van der Waals surface area (Å²) >= 11 is 0. The minimum Gasteiger partial charge on any atom is -0.349 e. The van der Waals surface area contributed by atoms with Gasteiger partial charge < -0.3 is 5.32 Å². The second-order valence-electron chi connectivity index (χ2n) is 6.06. The molecule has 3 rings (SSSR count). The monoisotopic (exact) mass is 319 g/mol. The lowest BCUT2D eigenvalue weighted by Crippen LogP contribution is -2.32. The minimum atomic E-state index is -0.607. The van der Waals surface area contributed by atoms with Gasteiger partial charge >= 0.3 is 0 Å². The molecule has 0 aliphatic heterocycles. The Morgan fingerprint density at radius 1 is 1.39 bits per heavy atom. The molecule has 1 amide bonds. The van der Waals surface area contributed by atoms with Crippen molar-refractivity contribution in [2.75, 3.05) is 0 Å². The molecule has 23 heavy (non-hydrogen) atoms. The van der Waals surface area contributed by atoms with E-state index in [-0.39, 0.29) is 18.4 Å². The van der Waals surface area contributed by atoms with Crippen molar-refractivity contribution < 1.29 is 13.6 Å². The number of H-pyrrole nitrogens is 1. The fourth-order valence-electron chi connectivity index (χ4n) is 3.23. The van der Waals surface area contributed by atoms with Crippen LogP contribution in [-0.4, -0.2) is 16.1 Å². The number of hydrogen-bond acceptors (Lipinski definition) is 2. The quantitative estimate of drug-likeness (QED) is 0.913. The first-order valence-corrected chi connectivity index (χ1v) is 7.73. The molecule has 0 fully saturated rings. The Morgan fingerprint density at radius 3 is 2.87 bits per heavy atom. The Labute approximate surface area is 133 Å². The average molecular weight is 319 g/mol. The summed E-state index contributed by atoms with van der Waals surface area (Å²) < 4.78 is 27.4. The Morgan fingerprint density at radius 2 is 2.17 bits per heavy atom. The minimum absolute atomic E-state index is 0.167. The van der Waals surface area contributed by atoms with Gasteiger partial charge in [-0.25, -0.2) is 8.78 Å². The second kappa shape index (κ2) is 6.10. The lowest BCUT2D eigenvalue weighted by Gasteiger charge is -2.27. The van der Waals surface area contributed by atoms with Crippen molar-refractivity contribution in [2.45, 2.75) is 45.6 Å². The van der Waals surface area contributed by atoms with E-state index in [0.29, 0.717) is 24.0 Å². The summed E-state index contributed by atoms with van der Waals surface area (Å²) in [4.78, 5) is 12.3. The molecule has 0 radical (unpaired) electrons. The molecule has 1 aliphatic carbocycles. The van der Waals surface area contributed by atoms with Crippen molar-refractivity contribution >= 4 is 5.91 Å². The van der Waals surface area contributed by atoms with E-state index < -0.39 is 11.6 Å². The molecule has 1 atom stereocenters. The van der Waals surface area contributed by atoms with Gasteiger partial charge in [0.25, 0.3) is 0 Å². The van der Waals surface area contributed by atoms with Gasteiger partial charge in [-0.2, -0.15) is 5.10 Å². The summed E-state index contributed by atoms with van der Waals surface area (Å²) in [6.45, 7) is 3.70. The number of hydrogen-bond donors (Lipinski definition) is 2. The fourth-order valence-corrected chi connectivity index (χ4v) is 3.23. The summed E-state index contributed by atoms with van der Waals surface area (Å²) in [6, 6.07) is 1.89. The SMILES string of the molecule is Cc1n[nH]c(C)c1CC(=O)N[C@H]1CCCc2c(F)cc(F)cc21. The number of halogens is 2. The van der Waals surface area contributed by atoms with Crippen LogP contribution in [0.15, 0.2) is 12.1 Å². The number of aryl methyl sites for hydroxylation is 2. The van der Waals surface area contributed by atoms with E-state index in [1.807, 2.05) is 13.8 Å². The average Bonchev–Trinajstić information content (AvgIpc) is 2.80. The van der Waals surface area contributed by atoms with Crippen LogP contribution in [0.5, 0.6) is 0 Å². The zero-order valence-electron chi connectivity index (χ0n) is 13.2. The van der Waals surface area contributed by atoms with Crippen molar-refractivity contribution in [1.82, 2.24) is 15.5 Å². The van der Waals surface area contributed by atoms with Crippen molar-refractivity contribution in [1.29, 1.82) is 0 Å². The first-order valence-electron chi connectivity index (χ1n) is 7.73. The standard InChI is InChI=1S/C17H19F2N3O/c1-9-13(10(2)22-21-9)8-17(23)20-16-5-3-4-12-14(16)6-11(18)7-15(12)19/h6-7,16H,3-5,8H2,1-2H3,(H,20,23)(H,21,22)/t16-/m0/s1. The molecule has 0 spiro atoms. The fraction of sp³-hybridized carbons (Fsp3) is 0.412. The number of aromatic nitrogens is 2. The number of amides is 1. The number of nitrogens with zero attached hydrogens (tertiary/aromatic N) is 1. The third kappa shape index (κ3) is 3.11. The first kappa shape index (κ1) is 15.6. The smallest absolute Gasteiger partial charge is 0.225 e. The lowest BCUT2D eigenvalue weighted by molar-refractivity contribution is -0.121. The molecule has 0 bridgehead atoms. The zero-order valence-corrected chi connectivity index (χ0v) is 13.2. The summed E-state index contributed by atoms with van der Waals surface area (Å²) in [5, 5.41) is 9.83. The normalized spacial score (nSPS) is 17.0. The molecule has 2 aromatic rings. The van der Waals surface area contributed by atoms with Crippen LogP contribution in [0.25, 0.3) is 0 Å². The highest BCUT2D eigenvalue weighted by molar-refractivity contribution is 5.79. The molecule has 0 saturated carbocycles.